The molecule has 0 saturated heterocycles. The van der Waals surface area contributed by atoms with Gasteiger partial charge in [-0.3, -0.25) is 9.78 Å². The Bertz CT molecular complexity index is 922. The van der Waals surface area contributed by atoms with Crippen LogP contribution in [0.5, 0.6) is 0 Å². The molecular formula is C21H22ClN3O. The highest BCUT2D eigenvalue weighted by molar-refractivity contribution is 6.30. The van der Waals surface area contributed by atoms with Gasteiger partial charge in [0.15, 0.2) is 0 Å². The molecule has 4 nitrogen and oxygen atoms in total. The lowest BCUT2D eigenvalue weighted by atomic mass is 10.1. The topological polar surface area (TPSA) is 68.0 Å². The number of nitrogens with two attached hydrogens (primary N) is 1. The minimum atomic E-state index is -0.113. The van der Waals surface area contributed by atoms with Crippen LogP contribution in [0, 0.1) is 0 Å². The first kappa shape index (κ1) is 18.2. The van der Waals surface area contributed by atoms with Gasteiger partial charge < -0.3 is 11.1 Å². The Morgan fingerprint density at radius 1 is 1.12 bits per heavy atom. The molecule has 26 heavy (non-hydrogen) atoms. The first-order valence-electron chi connectivity index (χ1n) is 8.78. The van der Waals surface area contributed by atoms with Gasteiger partial charge in [-0.1, -0.05) is 37.1 Å². The number of nitrogens with zero attached hydrogens (tertiary/aromatic N) is 1. The number of carbonyl (C=O) groups excluding carboxylic acids is 1. The molecule has 0 aliphatic rings. The SMILES string of the molecule is CCCc1cc(N)c2cc(C(=O)NCCc3ccc(Cl)cc3)ccc2n1. The fraction of sp³-hybridized carbons (Fsp3) is 0.238. The van der Waals surface area contributed by atoms with Gasteiger partial charge >= 0.3 is 0 Å². The van der Waals surface area contributed by atoms with E-state index in [0.717, 1.165) is 41.4 Å². The molecule has 0 atom stereocenters. The standard InChI is InChI=1S/C21H22ClN3O/c1-2-3-17-13-19(23)18-12-15(6-9-20(18)25-17)21(26)24-11-10-14-4-7-16(22)8-5-14/h4-9,12-13H,2-3,10-11H2,1H3,(H2,23,25)(H,24,26). The summed E-state index contributed by atoms with van der Waals surface area (Å²) in [4.78, 5) is 17.0. The molecule has 3 aromatic rings. The number of fused-ring (bicyclic) bond motifs is 1. The molecule has 0 unspecified atom stereocenters. The number of pyridine rings is 1. The molecule has 0 radical (unpaired) electrons. The molecule has 1 heterocycles. The van der Waals surface area contributed by atoms with Crippen LogP contribution in [0.3, 0.4) is 0 Å². The van der Waals surface area contributed by atoms with Crippen LogP contribution >= 0.6 is 11.6 Å². The Morgan fingerprint density at radius 2 is 1.88 bits per heavy atom. The van der Waals surface area contributed by atoms with Crippen LogP contribution in [0.2, 0.25) is 5.02 Å². The fourth-order valence-corrected chi connectivity index (χ4v) is 3.03. The summed E-state index contributed by atoms with van der Waals surface area (Å²) in [6.07, 6.45) is 2.67. The van der Waals surface area contributed by atoms with Crippen molar-refractivity contribution >= 4 is 34.1 Å². The van der Waals surface area contributed by atoms with E-state index >= 15 is 0 Å². The van der Waals surface area contributed by atoms with Crippen LogP contribution in [0.4, 0.5) is 5.69 Å². The van der Waals surface area contributed by atoms with Crippen molar-refractivity contribution in [2.24, 2.45) is 0 Å². The summed E-state index contributed by atoms with van der Waals surface area (Å²) < 4.78 is 0. The predicted octanol–water partition coefficient (Wildman–Crippen LogP) is 4.40. The second-order valence-electron chi connectivity index (χ2n) is 6.32. The molecule has 5 heteroatoms. The van der Waals surface area contributed by atoms with Gasteiger partial charge in [0.2, 0.25) is 0 Å². The maximum absolute atomic E-state index is 12.4. The van der Waals surface area contributed by atoms with E-state index in [4.69, 9.17) is 17.3 Å². The second-order valence-corrected chi connectivity index (χ2v) is 6.75. The van der Waals surface area contributed by atoms with Crippen LogP contribution < -0.4 is 11.1 Å². The number of hydrogen-bond donors (Lipinski definition) is 2. The average Bonchev–Trinajstić information content (AvgIpc) is 2.63. The lowest BCUT2D eigenvalue weighted by molar-refractivity contribution is 0.0954. The quantitative estimate of drug-likeness (QED) is 0.678. The number of nitrogens with one attached hydrogen (secondary N) is 1. The van der Waals surface area contributed by atoms with E-state index in [-0.39, 0.29) is 5.91 Å². The van der Waals surface area contributed by atoms with Gasteiger partial charge in [0, 0.05) is 33.9 Å². The Morgan fingerprint density at radius 3 is 2.62 bits per heavy atom. The van der Waals surface area contributed by atoms with Crippen LogP contribution in [0.15, 0.2) is 48.5 Å². The minimum Gasteiger partial charge on any atom is -0.398 e. The van der Waals surface area contributed by atoms with E-state index in [2.05, 4.69) is 17.2 Å². The zero-order chi connectivity index (χ0) is 18.5. The van der Waals surface area contributed by atoms with Gasteiger partial charge in [0.05, 0.1) is 5.52 Å². The predicted molar refractivity (Wildman–Crippen MR) is 108 cm³/mol. The summed E-state index contributed by atoms with van der Waals surface area (Å²) in [5, 5.41) is 4.47. The molecular weight excluding hydrogens is 346 g/mol. The lowest BCUT2D eigenvalue weighted by Crippen LogP contribution is -2.25. The smallest absolute Gasteiger partial charge is 0.251 e. The van der Waals surface area contributed by atoms with Gasteiger partial charge in [-0.25, -0.2) is 0 Å². The van der Waals surface area contributed by atoms with Crippen molar-refractivity contribution in [3.8, 4) is 0 Å². The van der Waals surface area contributed by atoms with Gasteiger partial charge in [0.1, 0.15) is 0 Å². The van der Waals surface area contributed by atoms with E-state index in [0.29, 0.717) is 22.8 Å². The summed E-state index contributed by atoms with van der Waals surface area (Å²) in [7, 11) is 0. The maximum atomic E-state index is 12.4. The molecule has 0 spiro atoms. The van der Waals surface area contributed by atoms with Crippen LogP contribution in [0.1, 0.15) is 35.0 Å². The largest absolute Gasteiger partial charge is 0.398 e. The molecule has 0 fully saturated rings. The number of amides is 1. The number of benzene rings is 2. The second kappa shape index (κ2) is 8.19. The van der Waals surface area contributed by atoms with E-state index < -0.39 is 0 Å². The van der Waals surface area contributed by atoms with Crippen LogP contribution in [-0.4, -0.2) is 17.4 Å². The normalized spacial score (nSPS) is 10.8. The third kappa shape index (κ3) is 4.33. The van der Waals surface area contributed by atoms with Crippen molar-refractivity contribution in [2.45, 2.75) is 26.2 Å². The Balaban J connectivity index is 1.69. The summed E-state index contributed by atoms with van der Waals surface area (Å²) in [6.45, 7) is 2.67. The van der Waals surface area contributed by atoms with E-state index in [1.165, 1.54) is 0 Å². The first-order chi connectivity index (χ1) is 12.6. The summed E-state index contributed by atoms with van der Waals surface area (Å²) in [5.41, 5.74) is 10.4. The number of hydrogen-bond acceptors (Lipinski definition) is 3. The highest BCUT2D eigenvalue weighted by atomic mass is 35.5. The van der Waals surface area contributed by atoms with E-state index in [1.807, 2.05) is 42.5 Å². The van der Waals surface area contributed by atoms with Gasteiger partial charge in [-0.05, 0) is 54.8 Å². The molecule has 2 aromatic carbocycles. The maximum Gasteiger partial charge on any atom is 0.251 e. The van der Waals surface area contributed by atoms with Crippen molar-refractivity contribution in [3.63, 3.8) is 0 Å². The molecule has 0 bridgehead atoms. The minimum absolute atomic E-state index is 0.113. The Hall–Kier alpha value is -2.59. The molecule has 134 valence electrons. The van der Waals surface area contributed by atoms with Crippen LogP contribution in [-0.2, 0) is 12.8 Å². The molecule has 0 saturated carbocycles. The van der Waals surface area contributed by atoms with Gasteiger partial charge in [0.25, 0.3) is 5.91 Å². The highest BCUT2D eigenvalue weighted by Gasteiger charge is 2.09. The molecule has 3 rings (SSSR count). The number of aryl methyl sites for hydroxylation is 1. The van der Waals surface area contributed by atoms with Crippen molar-refractivity contribution in [3.05, 3.63) is 70.4 Å². The highest BCUT2D eigenvalue weighted by Crippen LogP contribution is 2.22. The number of halogens is 1. The molecule has 0 aliphatic heterocycles. The van der Waals surface area contributed by atoms with Crippen molar-refractivity contribution in [2.75, 3.05) is 12.3 Å². The lowest BCUT2D eigenvalue weighted by Gasteiger charge is -2.09. The zero-order valence-electron chi connectivity index (χ0n) is 14.8. The summed E-state index contributed by atoms with van der Waals surface area (Å²) in [5.74, 6) is -0.113. The molecule has 0 aliphatic carbocycles. The van der Waals surface area contributed by atoms with Crippen LogP contribution in [0.25, 0.3) is 10.9 Å². The summed E-state index contributed by atoms with van der Waals surface area (Å²) in [6, 6.07) is 15.0. The molecule has 3 N–H and O–H groups in total. The van der Waals surface area contributed by atoms with E-state index in [9.17, 15) is 4.79 Å². The number of rotatable bonds is 6. The number of carbonyl (C=O) groups is 1. The van der Waals surface area contributed by atoms with Gasteiger partial charge in [-0.15, -0.1) is 0 Å². The molecule has 1 amide bonds. The zero-order valence-corrected chi connectivity index (χ0v) is 15.5. The Kier molecular flexibility index (Phi) is 5.74. The monoisotopic (exact) mass is 367 g/mol. The number of nitrogen functional groups attached to an aromatic ring is 1. The molecule has 1 aromatic heterocycles. The first-order valence-corrected chi connectivity index (χ1v) is 9.16. The number of anilines is 1. The van der Waals surface area contributed by atoms with Gasteiger partial charge in [-0.2, -0.15) is 0 Å². The third-order valence-electron chi connectivity index (χ3n) is 4.27. The third-order valence-corrected chi connectivity index (χ3v) is 4.53. The van der Waals surface area contributed by atoms with Crippen molar-refractivity contribution < 1.29 is 4.79 Å². The summed E-state index contributed by atoms with van der Waals surface area (Å²) >= 11 is 5.88. The Labute approximate surface area is 158 Å². The average molecular weight is 368 g/mol. The van der Waals surface area contributed by atoms with Crippen molar-refractivity contribution in [1.82, 2.24) is 10.3 Å². The number of aromatic nitrogens is 1. The van der Waals surface area contributed by atoms with Crippen molar-refractivity contribution in [1.29, 1.82) is 0 Å². The van der Waals surface area contributed by atoms with E-state index in [1.54, 1.807) is 6.07 Å². The fourth-order valence-electron chi connectivity index (χ4n) is 2.91.